The zero-order valence-electron chi connectivity index (χ0n) is 8.23. The van der Waals surface area contributed by atoms with Gasteiger partial charge in [0, 0.05) is 0 Å². The normalized spacial score (nSPS) is 18.9. The van der Waals surface area contributed by atoms with Crippen LogP contribution < -0.4 is 0 Å². The van der Waals surface area contributed by atoms with Crippen molar-refractivity contribution in [1.29, 1.82) is 0 Å². The summed E-state index contributed by atoms with van der Waals surface area (Å²) in [5, 5.41) is 0. The number of hydrogen-bond donors (Lipinski definition) is 0. The smallest absolute Gasteiger partial charge is 0.189 e. The second-order valence-electron chi connectivity index (χ2n) is 3.70. The van der Waals surface area contributed by atoms with Gasteiger partial charge in [-0.1, -0.05) is 17.7 Å². The highest BCUT2D eigenvalue weighted by molar-refractivity contribution is 7.80. The number of aryl methyl sites for hydroxylation is 1. The summed E-state index contributed by atoms with van der Waals surface area (Å²) in [6, 6.07) is 7.64. The molecule has 0 heterocycles. The van der Waals surface area contributed by atoms with Gasteiger partial charge in [-0.05, 0) is 38.3 Å². The molecule has 1 aromatic carbocycles. The Kier molecular flexibility index (Phi) is 2.99. The quantitative estimate of drug-likeness (QED) is 0.766. The molecule has 0 radical (unpaired) electrons. The van der Waals surface area contributed by atoms with Crippen molar-refractivity contribution in [3.63, 3.8) is 0 Å². The third kappa shape index (κ3) is 2.22. The van der Waals surface area contributed by atoms with Gasteiger partial charge in [-0.3, -0.25) is 4.18 Å². The topological polar surface area (TPSA) is 26.3 Å². The first-order valence-corrected chi connectivity index (χ1v) is 5.99. The molecule has 0 amide bonds. The summed E-state index contributed by atoms with van der Waals surface area (Å²) in [6.07, 6.45) is 3.53. The van der Waals surface area contributed by atoms with Crippen molar-refractivity contribution in [2.75, 3.05) is 0 Å². The predicted octanol–water partition coefficient (Wildman–Crippen LogP) is 2.59. The van der Waals surface area contributed by atoms with E-state index in [4.69, 9.17) is 4.18 Å². The minimum atomic E-state index is -1.27. The molecule has 0 aliphatic heterocycles. The van der Waals surface area contributed by atoms with Crippen LogP contribution >= 0.6 is 0 Å². The molecule has 14 heavy (non-hydrogen) atoms. The van der Waals surface area contributed by atoms with Gasteiger partial charge in [-0.2, -0.15) is 0 Å². The lowest BCUT2D eigenvalue weighted by Gasteiger charge is -2.24. The molecule has 2 rings (SSSR count). The van der Waals surface area contributed by atoms with E-state index in [1.807, 2.05) is 31.2 Å². The largest absolute Gasteiger partial charge is 0.283 e. The first-order chi connectivity index (χ1) is 6.75. The van der Waals surface area contributed by atoms with Gasteiger partial charge >= 0.3 is 0 Å². The van der Waals surface area contributed by atoms with E-state index in [0.29, 0.717) is 0 Å². The standard InChI is InChI=1S/C11H14O2S/c1-9-5-7-11(8-6-9)14(12)13-10-3-2-4-10/h5-8,10H,2-4H2,1H3. The van der Waals surface area contributed by atoms with Crippen LogP contribution in [0, 0.1) is 6.92 Å². The Labute approximate surface area is 86.9 Å². The molecular weight excluding hydrogens is 196 g/mol. The Morgan fingerprint density at radius 3 is 2.43 bits per heavy atom. The third-order valence-corrected chi connectivity index (χ3v) is 3.59. The van der Waals surface area contributed by atoms with Crippen LogP contribution in [0.25, 0.3) is 0 Å². The molecule has 0 aromatic heterocycles. The van der Waals surface area contributed by atoms with Crippen molar-refractivity contribution in [2.45, 2.75) is 37.2 Å². The SMILES string of the molecule is Cc1ccc(S(=O)OC2CCC2)cc1. The molecule has 1 aliphatic rings. The highest BCUT2D eigenvalue weighted by atomic mass is 32.2. The average Bonchev–Trinajstić information content (AvgIpc) is 2.12. The molecule has 1 aliphatic carbocycles. The maximum atomic E-state index is 11.6. The summed E-state index contributed by atoms with van der Waals surface area (Å²) in [5.41, 5.74) is 1.18. The van der Waals surface area contributed by atoms with E-state index < -0.39 is 11.1 Å². The van der Waals surface area contributed by atoms with Gasteiger partial charge in [0.2, 0.25) is 0 Å². The molecule has 1 unspecified atom stereocenters. The second-order valence-corrected chi connectivity index (χ2v) is 4.83. The fraction of sp³-hybridized carbons (Fsp3) is 0.455. The third-order valence-electron chi connectivity index (χ3n) is 2.49. The Morgan fingerprint density at radius 1 is 1.29 bits per heavy atom. The van der Waals surface area contributed by atoms with E-state index in [0.717, 1.165) is 17.7 Å². The molecule has 2 nitrogen and oxygen atoms in total. The van der Waals surface area contributed by atoms with Crippen molar-refractivity contribution in [1.82, 2.24) is 0 Å². The van der Waals surface area contributed by atoms with Gasteiger partial charge in [0.1, 0.15) is 0 Å². The Hall–Kier alpha value is -0.670. The minimum Gasteiger partial charge on any atom is -0.283 e. The Balaban J connectivity index is 1.99. The van der Waals surface area contributed by atoms with Gasteiger partial charge in [0.25, 0.3) is 0 Å². The predicted molar refractivity (Wildman–Crippen MR) is 56.3 cm³/mol. The maximum Gasteiger partial charge on any atom is 0.189 e. The lowest BCUT2D eigenvalue weighted by atomic mass is 9.97. The Morgan fingerprint density at radius 2 is 1.93 bits per heavy atom. The lowest BCUT2D eigenvalue weighted by Crippen LogP contribution is -2.22. The molecular formula is C11H14O2S. The van der Waals surface area contributed by atoms with Crippen LogP contribution in [0.4, 0.5) is 0 Å². The van der Waals surface area contributed by atoms with Crippen LogP contribution in [0.3, 0.4) is 0 Å². The van der Waals surface area contributed by atoms with Crippen molar-refractivity contribution in [3.8, 4) is 0 Å². The molecule has 76 valence electrons. The maximum absolute atomic E-state index is 11.6. The van der Waals surface area contributed by atoms with Crippen LogP contribution in [0.15, 0.2) is 29.2 Å². The molecule has 1 saturated carbocycles. The van der Waals surface area contributed by atoms with Crippen LogP contribution in [0.5, 0.6) is 0 Å². The first kappa shape index (κ1) is 9.87. The fourth-order valence-corrected chi connectivity index (χ4v) is 2.20. The van der Waals surface area contributed by atoms with E-state index in [1.54, 1.807) is 0 Å². The van der Waals surface area contributed by atoms with Crippen LogP contribution in [0.1, 0.15) is 24.8 Å². The highest BCUT2D eigenvalue weighted by Gasteiger charge is 2.21. The summed E-state index contributed by atoms with van der Waals surface area (Å²) in [5.74, 6) is 0. The molecule has 1 fully saturated rings. The van der Waals surface area contributed by atoms with Crippen molar-refractivity contribution in [3.05, 3.63) is 29.8 Å². The van der Waals surface area contributed by atoms with Crippen LogP contribution in [-0.4, -0.2) is 10.3 Å². The van der Waals surface area contributed by atoms with Crippen LogP contribution in [0.2, 0.25) is 0 Å². The van der Waals surface area contributed by atoms with E-state index in [1.165, 1.54) is 12.0 Å². The van der Waals surface area contributed by atoms with Crippen LogP contribution in [-0.2, 0) is 15.3 Å². The van der Waals surface area contributed by atoms with Gasteiger partial charge in [0.15, 0.2) is 11.1 Å². The number of rotatable bonds is 3. The molecule has 1 aromatic rings. The van der Waals surface area contributed by atoms with Gasteiger partial charge in [-0.15, -0.1) is 0 Å². The molecule has 1 atom stereocenters. The Bertz CT molecular complexity index is 328. The highest BCUT2D eigenvalue weighted by Crippen LogP contribution is 2.24. The summed E-state index contributed by atoms with van der Waals surface area (Å²) in [6.45, 7) is 2.01. The average molecular weight is 210 g/mol. The molecule has 0 bridgehead atoms. The van der Waals surface area contributed by atoms with E-state index in [2.05, 4.69) is 0 Å². The molecule has 3 heteroatoms. The summed E-state index contributed by atoms with van der Waals surface area (Å²) < 4.78 is 17.0. The first-order valence-electron chi connectivity index (χ1n) is 4.91. The van der Waals surface area contributed by atoms with Crippen molar-refractivity contribution < 1.29 is 8.39 Å². The monoisotopic (exact) mass is 210 g/mol. The summed E-state index contributed by atoms with van der Waals surface area (Å²) in [7, 11) is 0. The molecule has 0 saturated heterocycles. The number of benzene rings is 1. The summed E-state index contributed by atoms with van der Waals surface area (Å²) in [4.78, 5) is 0.766. The van der Waals surface area contributed by atoms with Crippen molar-refractivity contribution >= 4 is 11.1 Å². The van der Waals surface area contributed by atoms with Crippen molar-refractivity contribution in [2.24, 2.45) is 0 Å². The van der Waals surface area contributed by atoms with E-state index in [9.17, 15) is 4.21 Å². The fourth-order valence-electron chi connectivity index (χ4n) is 1.30. The van der Waals surface area contributed by atoms with E-state index in [-0.39, 0.29) is 6.10 Å². The summed E-state index contributed by atoms with van der Waals surface area (Å²) >= 11 is -1.27. The number of hydrogen-bond acceptors (Lipinski definition) is 2. The zero-order valence-corrected chi connectivity index (χ0v) is 9.05. The molecule has 0 N–H and O–H groups in total. The van der Waals surface area contributed by atoms with E-state index >= 15 is 0 Å². The second kappa shape index (κ2) is 4.24. The van der Waals surface area contributed by atoms with Gasteiger partial charge in [-0.25, -0.2) is 4.21 Å². The lowest BCUT2D eigenvalue weighted by molar-refractivity contribution is 0.138. The van der Waals surface area contributed by atoms with Gasteiger partial charge in [0.05, 0.1) is 11.0 Å². The minimum absolute atomic E-state index is 0.220. The van der Waals surface area contributed by atoms with Gasteiger partial charge < -0.3 is 0 Å². The molecule has 0 spiro atoms. The zero-order chi connectivity index (χ0) is 9.97.